The number of hydrogen-bond donors (Lipinski definition) is 1. The molecule has 0 aliphatic carbocycles. The van der Waals surface area contributed by atoms with Crippen molar-refractivity contribution in [3.63, 3.8) is 0 Å². The zero-order valence-electron chi connectivity index (χ0n) is 14.7. The molecule has 0 atom stereocenters. The van der Waals surface area contributed by atoms with Crippen LogP contribution < -0.4 is 5.32 Å². The average Bonchev–Trinajstić information content (AvgIpc) is 3.26. The fraction of sp³-hybridized carbons (Fsp3) is 0.235. The first kappa shape index (κ1) is 20.1. The molecule has 0 saturated heterocycles. The average molecular weight is 460 g/mol. The van der Waals surface area contributed by atoms with Gasteiger partial charge in [0.1, 0.15) is 5.54 Å². The number of halogens is 5. The number of nitrogens with zero attached hydrogens (tertiary/aromatic N) is 4. The van der Waals surface area contributed by atoms with E-state index in [0.29, 0.717) is 4.47 Å². The predicted molar refractivity (Wildman–Crippen MR) is 95.5 cm³/mol. The monoisotopic (exact) mass is 459 g/mol. The Hall–Kier alpha value is -2.69. The Bertz CT molecular complexity index is 1020. The van der Waals surface area contributed by atoms with Gasteiger partial charge in [-0.05, 0) is 29.8 Å². The van der Waals surface area contributed by atoms with Crippen LogP contribution in [0.25, 0.3) is 0 Å². The molecule has 0 saturated carbocycles. The zero-order valence-corrected chi connectivity index (χ0v) is 16.3. The molecule has 6 nitrogen and oxygen atoms in total. The van der Waals surface area contributed by atoms with Gasteiger partial charge >= 0.3 is 0 Å². The Morgan fingerprint density at radius 2 is 1.86 bits per heavy atom. The molecule has 1 aromatic carbocycles. The number of aromatic nitrogens is 4. The molecule has 3 rings (SSSR count). The van der Waals surface area contributed by atoms with Crippen LogP contribution in [0.4, 0.5) is 23.4 Å². The van der Waals surface area contributed by atoms with Gasteiger partial charge in [-0.1, -0.05) is 0 Å². The van der Waals surface area contributed by atoms with Gasteiger partial charge in [-0.25, -0.2) is 17.6 Å². The molecule has 0 fully saturated rings. The fourth-order valence-corrected chi connectivity index (χ4v) is 2.71. The van der Waals surface area contributed by atoms with Crippen molar-refractivity contribution < 1.29 is 22.4 Å². The maximum absolute atomic E-state index is 13.8. The maximum atomic E-state index is 13.8. The van der Waals surface area contributed by atoms with Crippen LogP contribution >= 0.6 is 15.9 Å². The summed E-state index contributed by atoms with van der Waals surface area (Å²) in [6, 6.07) is 1.52. The summed E-state index contributed by atoms with van der Waals surface area (Å²) in [5, 5.41) is 10.6. The van der Waals surface area contributed by atoms with Gasteiger partial charge in [-0.15, -0.1) is 0 Å². The van der Waals surface area contributed by atoms with E-state index < -0.39 is 46.8 Å². The third-order valence-electron chi connectivity index (χ3n) is 4.08. The van der Waals surface area contributed by atoms with Crippen molar-refractivity contribution in [1.82, 2.24) is 19.6 Å². The van der Waals surface area contributed by atoms with E-state index in [4.69, 9.17) is 0 Å². The van der Waals surface area contributed by atoms with Gasteiger partial charge < -0.3 is 5.32 Å². The standard InChI is InChI=1S/C17H14BrF4N5O/c1-17(2,27-7-9(18)6-23-27)16(28)24-13-3-4-26(25-13)8-10-14(21)11(19)5-12(20)15(10)22/h3-7H,8H2,1-2H3,(H,24,25,28). The normalized spacial score (nSPS) is 11.7. The highest BCUT2D eigenvalue weighted by molar-refractivity contribution is 9.10. The van der Waals surface area contributed by atoms with Crippen molar-refractivity contribution >= 4 is 27.7 Å². The van der Waals surface area contributed by atoms with Gasteiger partial charge in [0.2, 0.25) is 0 Å². The number of carbonyl (C=O) groups excluding carboxylic acids is 1. The molecule has 0 unspecified atom stereocenters. The summed E-state index contributed by atoms with van der Waals surface area (Å²) < 4.78 is 57.4. The first-order valence-corrected chi connectivity index (χ1v) is 8.76. The molecule has 11 heteroatoms. The van der Waals surface area contributed by atoms with Gasteiger partial charge in [0.25, 0.3) is 5.91 Å². The number of carbonyl (C=O) groups is 1. The zero-order chi connectivity index (χ0) is 20.6. The minimum atomic E-state index is -1.50. The fourth-order valence-electron chi connectivity index (χ4n) is 2.42. The second-order valence-electron chi connectivity index (χ2n) is 6.46. The first-order valence-electron chi connectivity index (χ1n) is 7.97. The number of rotatable bonds is 5. The van der Waals surface area contributed by atoms with E-state index in [1.54, 1.807) is 20.0 Å². The third kappa shape index (κ3) is 3.79. The number of hydrogen-bond acceptors (Lipinski definition) is 3. The molecular weight excluding hydrogens is 446 g/mol. The summed E-state index contributed by atoms with van der Waals surface area (Å²) in [5.41, 5.74) is -1.86. The van der Waals surface area contributed by atoms with Crippen molar-refractivity contribution in [3.8, 4) is 0 Å². The lowest BCUT2D eigenvalue weighted by atomic mass is 10.1. The third-order valence-corrected chi connectivity index (χ3v) is 4.49. The highest BCUT2D eigenvalue weighted by Crippen LogP contribution is 2.22. The van der Waals surface area contributed by atoms with E-state index in [9.17, 15) is 22.4 Å². The summed E-state index contributed by atoms with van der Waals surface area (Å²) >= 11 is 3.25. The topological polar surface area (TPSA) is 64.7 Å². The summed E-state index contributed by atoms with van der Waals surface area (Å²) in [6.45, 7) is 2.72. The largest absolute Gasteiger partial charge is 0.307 e. The second-order valence-corrected chi connectivity index (χ2v) is 7.38. The van der Waals surface area contributed by atoms with Crippen LogP contribution in [0.5, 0.6) is 0 Å². The molecule has 148 valence electrons. The molecule has 0 aliphatic heterocycles. The van der Waals surface area contributed by atoms with E-state index in [1.807, 2.05) is 0 Å². The van der Waals surface area contributed by atoms with Gasteiger partial charge in [0.15, 0.2) is 29.1 Å². The lowest BCUT2D eigenvalue weighted by Crippen LogP contribution is -2.40. The summed E-state index contributed by atoms with van der Waals surface area (Å²) in [7, 11) is 0. The van der Waals surface area contributed by atoms with Crippen molar-refractivity contribution in [3.05, 3.63) is 64.0 Å². The van der Waals surface area contributed by atoms with E-state index >= 15 is 0 Å². The van der Waals surface area contributed by atoms with E-state index in [-0.39, 0.29) is 11.9 Å². The number of anilines is 1. The molecule has 3 aromatic rings. The van der Waals surface area contributed by atoms with Crippen molar-refractivity contribution in [2.24, 2.45) is 0 Å². The molecule has 2 aromatic heterocycles. The first-order chi connectivity index (χ1) is 13.1. The van der Waals surface area contributed by atoms with Gasteiger partial charge in [0.05, 0.1) is 22.8 Å². The summed E-state index contributed by atoms with van der Waals surface area (Å²) in [6.07, 6.45) is 4.47. The summed E-state index contributed by atoms with van der Waals surface area (Å²) in [4.78, 5) is 12.6. The van der Waals surface area contributed by atoms with Crippen LogP contribution in [0.3, 0.4) is 0 Å². The predicted octanol–water partition coefficient (Wildman–Crippen LogP) is 3.82. The number of benzene rings is 1. The lowest BCUT2D eigenvalue weighted by Gasteiger charge is -2.23. The summed E-state index contributed by atoms with van der Waals surface area (Å²) in [5.74, 6) is -6.33. The molecule has 0 radical (unpaired) electrons. The minimum absolute atomic E-state index is 0.0991. The highest BCUT2D eigenvalue weighted by Gasteiger charge is 2.31. The maximum Gasteiger partial charge on any atom is 0.252 e. The molecule has 0 aliphatic rings. The molecule has 28 heavy (non-hydrogen) atoms. The van der Waals surface area contributed by atoms with Crippen LogP contribution in [0.2, 0.25) is 0 Å². The Kier molecular flexibility index (Phi) is 5.28. The Morgan fingerprint density at radius 3 is 2.43 bits per heavy atom. The highest BCUT2D eigenvalue weighted by atomic mass is 79.9. The van der Waals surface area contributed by atoms with Crippen LogP contribution in [-0.2, 0) is 16.9 Å². The molecule has 0 bridgehead atoms. The molecule has 2 heterocycles. The van der Waals surface area contributed by atoms with E-state index in [1.165, 1.54) is 23.1 Å². The van der Waals surface area contributed by atoms with Crippen LogP contribution in [0, 0.1) is 23.3 Å². The van der Waals surface area contributed by atoms with E-state index in [0.717, 1.165) is 4.68 Å². The van der Waals surface area contributed by atoms with Crippen LogP contribution in [0.1, 0.15) is 19.4 Å². The molecular formula is C17H14BrF4N5O. The number of amides is 1. The van der Waals surface area contributed by atoms with Gasteiger partial charge in [0, 0.05) is 24.5 Å². The van der Waals surface area contributed by atoms with Crippen molar-refractivity contribution in [1.29, 1.82) is 0 Å². The Labute approximate surface area is 165 Å². The Morgan fingerprint density at radius 1 is 1.21 bits per heavy atom. The molecule has 0 spiro atoms. The second kappa shape index (κ2) is 7.38. The smallest absolute Gasteiger partial charge is 0.252 e. The SMILES string of the molecule is CC(C)(C(=O)Nc1ccn(Cc2c(F)c(F)cc(F)c2F)n1)n1cc(Br)cn1. The lowest BCUT2D eigenvalue weighted by molar-refractivity contribution is -0.123. The Balaban J connectivity index is 1.77. The van der Waals surface area contributed by atoms with Crippen molar-refractivity contribution in [2.45, 2.75) is 25.9 Å². The van der Waals surface area contributed by atoms with Crippen molar-refractivity contribution in [2.75, 3.05) is 5.32 Å². The van der Waals surface area contributed by atoms with Gasteiger partial charge in [-0.2, -0.15) is 10.2 Å². The van der Waals surface area contributed by atoms with Crippen LogP contribution in [-0.4, -0.2) is 25.5 Å². The van der Waals surface area contributed by atoms with E-state index in [2.05, 4.69) is 31.4 Å². The quantitative estimate of drug-likeness (QED) is 0.465. The van der Waals surface area contributed by atoms with Gasteiger partial charge in [-0.3, -0.25) is 14.2 Å². The van der Waals surface area contributed by atoms with Crippen LogP contribution in [0.15, 0.2) is 35.2 Å². The minimum Gasteiger partial charge on any atom is -0.307 e. The number of nitrogens with one attached hydrogen (secondary N) is 1. The molecule has 1 amide bonds. The molecule has 1 N–H and O–H groups in total.